The highest BCUT2D eigenvalue weighted by molar-refractivity contribution is 5.41. The molecule has 1 aromatic heterocycles. The average Bonchev–Trinajstić information content (AvgIpc) is 2.49. The Balaban J connectivity index is 1.99. The third-order valence-electron chi connectivity index (χ3n) is 3.23. The van der Waals surface area contributed by atoms with E-state index in [9.17, 15) is 0 Å². The lowest BCUT2D eigenvalue weighted by atomic mass is 10.1. The van der Waals surface area contributed by atoms with Crippen molar-refractivity contribution < 1.29 is 0 Å². The van der Waals surface area contributed by atoms with E-state index in [2.05, 4.69) is 46.2 Å². The molecule has 0 unspecified atom stereocenters. The van der Waals surface area contributed by atoms with E-state index in [1.807, 2.05) is 23.1 Å². The Labute approximate surface area is 125 Å². The number of nitrogens with two attached hydrogens (primary N) is 1. The maximum atomic E-state index is 5.76. The van der Waals surface area contributed by atoms with Crippen molar-refractivity contribution in [3.63, 3.8) is 0 Å². The number of nitrogens with one attached hydrogen (secondary N) is 1. The summed E-state index contributed by atoms with van der Waals surface area (Å²) in [4.78, 5) is 14.8. The molecule has 0 saturated carbocycles. The number of hydrogen-bond acceptors (Lipinski definition) is 6. The van der Waals surface area contributed by atoms with Gasteiger partial charge in [0.15, 0.2) is 0 Å². The average molecular weight is 286 g/mol. The molecule has 0 bridgehead atoms. The fraction of sp³-hybridized carbons (Fsp3) is 0.400. The van der Waals surface area contributed by atoms with E-state index in [-0.39, 0.29) is 5.95 Å². The lowest BCUT2D eigenvalue weighted by Crippen LogP contribution is -2.25. The summed E-state index contributed by atoms with van der Waals surface area (Å²) in [6.07, 6.45) is 0.910. The van der Waals surface area contributed by atoms with Gasteiger partial charge < -0.3 is 16.0 Å². The van der Waals surface area contributed by atoms with Crippen LogP contribution < -0.4 is 16.0 Å². The van der Waals surface area contributed by atoms with Crippen molar-refractivity contribution in [2.24, 2.45) is 0 Å². The summed E-state index contributed by atoms with van der Waals surface area (Å²) in [5, 5.41) is 3.21. The summed E-state index contributed by atoms with van der Waals surface area (Å²) in [5.74, 6) is 1.39. The van der Waals surface area contributed by atoms with Gasteiger partial charge in [-0.3, -0.25) is 0 Å². The molecule has 1 heterocycles. The molecular weight excluding hydrogens is 264 g/mol. The molecule has 6 heteroatoms. The minimum absolute atomic E-state index is 0.245. The van der Waals surface area contributed by atoms with Gasteiger partial charge in [-0.25, -0.2) is 0 Å². The maximum Gasteiger partial charge on any atom is 0.231 e. The largest absolute Gasteiger partial charge is 0.368 e. The topological polar surface area (TPSA) is 80.0 Å². The minimum Gasteiger partial charge on any atom is -0.368 e. The van der Waals surface area contributed by atoms with E-state index >= 15 is 0 Å². The Morgan fingerprint density at radius 3 is 2.43 bits per heavy atom. The predicted molar refractivity (Wildman–Crippen MR) is 86.4 cm³/mol. The summed E-state index contributed by atoms with van der Waals surface area (Å²) in [6.45, 7) is 6.55. The third kappa shape index (κ3) is 4.30. The Morgan fingerprint density at radius 1 is 1.05 bits per heavy atom. The van der Waals surface area contributed by atoms with Crippen LogP contribution in [0, 0.1) is 0 Å². The van der Waals surface area contributed by atoms with E-state index in [1.54, 1.807) is 0 Å². The number of nitrogens with zero attached hydrogens (tertiary/aromatic N) is 4. The van der Waals surface area contributed by atoms with Gasteiger partial charge in [-0.1, -0.05) is 30.3 Å². The maximum absolute atomic E-state index is 5.76. The highest BCUT2D eigenvalue weighted by Crippen LogP contribution is 2.11. The van der Waals surface area contributed by atoms with Gasteiger partial charge in [0.2, 0.25) is 17.8 Å². The molecule has 0 radical (unpaired) electrons. The zero-order valence-corrected chi connectivity index (χ0v) is 12.6. The van der Waals surface area contributed by atoms with E-state index in [1.165, 1.54) is 5.56 Å². The second-order valence-electron chi connectivity index (χ2n) is 4.65. The van der Waals surface area contributed by atoms with Gasteiger partial charge in [-0.15, -0.1) is 0 Å². The number of hydrogen-bond donors (Lipinski definition) is 2. The van der Waals surface area contributed by atoms with Crippen LogP contribution in [0.25, 0.3) is 0 Å². The van der Waals surface area contributed by atoms with Crippen LogP contribution in [0.3, 0.4) is 0 Å². The molecule has 0 aliphatic rings. The first-order valence-corrected chi connectivity index (χ1v) is 7.27. The summed E-state index contributed by atoms with van der Waals surface area (Å²) < 4.78 is 0. The van der Waals surface area contributed by atoms with Crippen molar-refractivity contribution in [2.75, 3.05) is 35.6 Å². The Kier molecular flexibility index (Phi) is 5.31. The molecule has 1 aromatic carbocycles. The number of benzene rings is 1. The molecule has 6 nitrogen and oxygen atoms in total. The molecule has 2 aromatic rings. The number of nitrogen functional groups attached to an aromatic ring is 1. The van der Waals surface area contributed by atoms with Crippen molar-refractivity contribution >= 4 is 17.8 Å². The van der Waals surface area contributed by atoms with Gasteiger partial charge in [0.1, 0.15) is 0 Å². The summed E-state index contributed by atoms with van der Waals surface area (Å²) in [6, 6.07) is 10.3. The van der Waals surface area contributed by atoms with Crippen LogP contribution in [0.1, 0.15) is 19.4 Å². The lowest BCUT2D eigenvalue weighted by molar-refractivity contribution is 0.813. The molecule has 112 valence electrons. The Bertz CT molecular complexity index is 553. The molecule has 0 aliphatic heterocycles. The quantitative estimate of drug-likeness (QED) is 0.810. The van der Waals surface area contributed by atoms with Crippen molar-refractivity contribution in [1.29, 1.82) is 0 Å². The predicted octanol–water partition coefficient (Wildman–Crippen LogP) is 1.95. The monoisotopic (exact) mass is 286 g/mol. The van der Waals surface area contributed by atoms with Crippen molar-refractivity contribution in [2.45, 2.75) is 20.3 Å². The summed E-state index contributed by atoms with van der Waals surface area (Å²) in [5.41, 5.74) is 7.03. The summed E-state index contributed by atoms with van der Waals surface area (Å²) >= 11 is 0. The van der Waals surface area contributed by atoms with E-state index < -0.39 is 0 Å². The molecule has 3 N–H and O–H groups in total. The van der Waals surface area contributed by atoms with E-state index in [0.29, 0.717) is 11.9 Å². The SMILES string of the molecule is CCN(CC)c1nc(N)nc(NCCc2ccccc2)n1. The first kappa shape index (κ1) is 15.0. The molecule has 21 heavy (non-hydrogen) atoms. The molecular formula is C15H22N6. The van der Waals surface area contributed by atoms with E-state index in [0.717, 1.165) is 26.1 Å². The lowest BCUT2D eigenvalue weighted by Gasteiger charge is -2.19. The second-order valence-corrected chi connectivity index (χ2v) is 4.65. The van der Waals surface area contributed by atoms with Crippen LogP contribution in [-0.2, 0) is 6.42 Å². The molecule has 2 rings (SSSR count). The van der Waals surface area contributed by atoms with Gasteiger partial charge in [0.25, 0.3) is 0 Å². The Hall–Kier alpha value is -2.37. The van der Waals surface area contributed by atoms with Gasteiger partial charge in [-0.05, 0) is 25.8 Å². The number of aromatic nitrogens is 3. The van der Waals surface area contributed by atoms with Crippen LogP contribution in [0.2, 0.25) is 0 Å². The van der Waals surface area contributed by atoms with Gasteiger partial charge in [0, 0.05) is 19.6 Å². The van der Waals surface area contributed by atoms with Crippen molar-refractivity contribution in [3.8, 4) is 0 Å². The molecule has 0 spiro atoms. The van der Waals surface area contributed by atoms with Crippen LogP contribution in [0.5, 0.6) is 0 Å². The van der Waals surface area contributed by atoms with E-state index in [4.69, 9.17) is 5.73 Å². The first-order valence-electron chi connectivity index (χ1n) is 7.27. The number of anilines is 3. The zero-order valence-electron chi connectivity index (χ0n) is 12.6. The normalized spacial score (nSPS) is 10.4. The summed E-state index contributed by atoms with van der Waals surface area (Å²) in [7, 11) is 0. The van der Waals surface area contributed by atoms with Crippen LogP contribution in [-0.4, -0.2) is 34.6 Å². The fourth-order valence-electron chi connectivity index (χ4n) is 2.07. The third-order valence-corrected chi connectivity index (χ3v) is 3.23. The minimum atomic E-state index is 0.245. The standard InChI is InChI=1S/C15H22N6/c1-3-21(4-2)15-19-13(16)18-14(20-15)17-11-10-12-8-6-5-7-9-12/h5-9H,3-4,10-11H2,1-2H3,(H3,16,17,18,19,20). The van der Waals surface area contributed by atoms with Gasteiger partial charge in [-0.2, -0.15) is 15.0 Å². The highest BCUT2D eigenvalue weighted by atomic mass is 15.3. The second kappa shape index (κ2) is 7.42. The molecule has 0 amide bonds. The molecule has 0 aliphatic carbocycles. The van der Waals surface area contributed by atoms with Crippen LogP contribution in [0.15, 0.2) is 30.3 Å². The van der Waals surface area contributed by atoms with Crippen LogP contribution in [0.4, 0.5) is 17.8 Å². The first-order chi connectivity index (χ1) is 10.2. The molecule has 0 saturated heterocycles. The molecule has 0 atom stereocenters. The van der Waals surface area contributed by atoms with Crippen LogP contribution >= 0.6 is 0 Å². The smallest absolute Gasteiger partial charge is 0.231 e. The van der Waals surface area contributed by atoms with Gasteiger partial charge >= 0.3 is 0 Å². The van der Waals surface area contributed by atoms with Gasteiger partial charge in [0.05, 0.1) is 0 Å². The molecule has 0 fully saturated rings. The highest BCUT2D eigenvalue weighted by Gasteiger charge is 2.09. The Morgan fingerprint density at radius 2 is 1.76 bits per heavy atom. The van der Waals surface area contributed by atoms with Crippen molar-refractivity contribution in [3.05, 3.63) is 35.9 Å². The number of rotatable bonds is 7. The zero-order chi connectivity index (χ0) is 15.1. The fourth-order valence-corrected chi connectivity index (χ4v) is 2.07. The van der Waals surface area contributed by atoms with Crippen molar-refractivity contribution in [1.82, 2.24) is 15.0 Å².